The van der Waals surface area contributed by atoms with Crippen LogP contribution in [0, 0.1) is 31.6 Å². The van der Waals surface area contributed by atoms with Crippen molar-refractivity contribution in [3.8, 4) is 0 Å². The molecule has 5 unspecified atom stereocenters. The van der Waals surface area contributed by atoms with Crippen LogP contribution in [-0.2, 0) is 6.54 Å². The summed E-state index contributed by atoms with van der Waals surface area (Å²) in [6, 6.07) is 0.391. The van der Waals surface area contributed by atoms with Gasteiger partial charge in [0, 0.05) is 24.7 Å². The molecule has 98 valence electrons. The molecule has 4 nitrogen and oxygen atoms in total. The number of aliphatic hydroxyl groups is 1. The van der Waals surface area contributed by atoms with Gasteiger partial charge in [-0.3, -0.25) is 4.90 Å². The molecule has 2 saturated carbocycles. The Morgan fingerprint density at radius 3 is 2.83 bits per heavy atom. The topological polar surface area (TPSA) is 49.5 Å². The fourth-order valence-corrected chi connectivity index (χ4v) is 4.65. The zero-order valence-corrected chi connectivity index (χ0v) is 11.0. The van der Waals surface area contributed by atoms with Gasteiger partial charge in [0.1, 0.15) is 5.76 Å². The first kappa shape index (κ1) is 11.0. The molecule has 0 amide bonds. The number of nitrogens with zero attached hydrogens (tertiary/aromatic N) is 2. The Morgan fingerprint density at radius 2 is 2.17 bits per heavy atom. The summed E-state index contributed by atoms with van der Waals surface area (Å²) in [6.45, 7) is 6.02. The number of aryl methyl sites for hydroxylation is 2. The van der Waals surface area contributed by atoms with Gasteiger partial charge in [0.2, 0.25) is 0 Å². The fraction of sp³-hybridized carbons (Fsp3) is 0.786. The summed E-state index contributed by atoms with van der Waals surface area (Å²) in [6.07, 6.45) is 2.38. The summed E-state index contributed by atoms with van der Waals surface area (Å²) in [5, 5.41) is 14.4. The first-order valence-corrected chi connectivity index (χ1v) is 6.99. The zero-order valence-electron chi connectivity index (χ0n) is 11.0. The van der Waals surface area contributed by atoms with E-state index in [4.69, 9.17) is 4.52 Å². The Morgan fingerprint density at radius 1 is 1.33 bits per heavy atom. The van der Waals surface area contributed by atoms with Gasteiger partial charge in [-0.25, -0.2) is 0 Å². The Balaban J connectivity index is 1.60. The average Bonchev–Trinajstić information content (AvgIpc) is 3.00. The number of aromatic nitrogens is 1. The highest BCUT2D eigenvalue weighted by atomic mass is 16.5. The van der Waals surface area contributed by atoms with Crippen molar-refractivity contribution in [2.24, 2.45) is 17.8 Å². The third-order valence-corrected chi connectivity index (χ3v) is 5.49. The molecule has 0 aromatic carbocycles. The van der Waals surface area contributed by atoms with Crippen molar-refractivity contribution in [3.05, 3.63) is 17.0 Å². The molecular formula is C14H20N2O2. The summed E-state index contributed by atoms with van der Waals surface area (Å²) in [5.41, 5.74) is 2.21. The van der Waals surface area contributed by atoms with Crippen molar-refractivity contribution < 1.29 is 9.63 Å². The van der Waals surface area contributed by atoms with E-state index in [0.29, 0.717) is 12.0 Å². The Kier molecular flexibility index (Phi) is 2.19. The van der Waals surface area contributed by atoms with Gasteiger partial charge in [-0.05, 0) is 44.4 Å². The Hall–Kier alpha value is -0.870. The molecule has 1 aromatic heterocycles. The number of hydrogen-bond donors (Lipinski definition) is 1. The second-order valence-corrected chi connectivity index (χ2v) is 6.37. The molecule has 5 atom stereocenters. The van der Waals surface area contributed by atoms with Gasteiger partial charge >= 0.3 is 0 Å². The van der Waals surface area contributed by atoms with Crippen molar-refractivity contribution in [1.29, 1.82) is 0 Å². The van der Waals surface area contributed by atoms with Crippen molar-refractivity contribution in [2.75, 3.05) is 6.54 Å². The van der Waals surface area contributed by atoms with E-state index in [1.165, 1.54) is 18.4 Å². The molecule has 1 aliphatic heterocycles. The van der Waals surface area contributed by atoms with Gasteiger partial charge in [0.05, 0.1) is 11.8 Å². The average molecular weight is 248 g/mol. The molecule has 2 aliphatic carbocycles. The number of aliphatic hydroxyl groups excluding tert-OH is 1. The second-order valence-electron chi connectivity index (χ2n) is 6.37. The van der Waals surface area contributed by atoms with Crippen LogP contribution >= 0.6 is 0 Å². The predicted molar refractivity (Wildman–Crippen MR) is 65.9 cm³/mol. The third kappa shape index (κ3) is 1.30. The lowest BCUT2D eigenvalue weighted by atomic mass is 9.88. The van der Waals surface area contributed by atoms with Crippen LogP contribution < -0.4 is 0 Å². The van der Waals surface area contributed by atoms with Gasteiger partial charge in [-0.1, -0.05) is 5.16 Å². The summed E-state index contributed by atoms with van der Waals surface area (Å²) >= 11 is 0. The molecule has 1 saturated heterocycles. The smallest absolute Gasteiger partial charge is 0.138 e. The Bertz CT molecular complexity index is 463. The van der Waals surface area contributed by atoms with Gasteiger partial charge in [0.25, 0.3) is 0 Å². The summed E-state index contributed by atoms with van der Waals surface area (Å²) < 4.78 is 5.24. The van der Waals surface area contributed by atoms with E-state index in [-0.39, 0.29) is 6.10 Å². The van der Waals surface area contributed by atoms with E-state index in [9.17, 15) is 5.11 Å². The minimum absolute atomic E-state index is 0.103. The first-order chi connectivity index (χ1) is 8.65. The van der Waals surface area contributed by atoms with Crippen LogP contribution in [0.1, 0.15) is 29.9 Å². The molecule has 4 rings (SSSR count). The highest BCUT2D eigenvalue weighted by molar-refractivity contribution is 5.22. The lowest BCUT2D eigenvalue weighted by molar-refractivity contribution is 0.0482. The first-order valence-electron chi connectivity index (χ1n) is 6.99. The van der Waals surface area contributed by atoms with Gasteiger partial charge in [0.15, 0.2) is 0 Å². The predicted octanol–water partition coefficient (Wildman–Crippen LogP) is 1.49. The highest BCUT2D eigenvalue weighted by Gasteiger charge is 2.58. The van der Waals surface area contributed by atoms with Crippen LogP contribution in [0.15, 0.2) is 4.52 Å². The molecule has 18 heavy (non-hydrogen) atoms. The SMILES string of the molecule is Cc1noc(C)c1CN1CC2CC3CC2C1C3O. The van der Waals surface area contributed by atoms with Crippen LogP contribution in [-0.4, -0.2) is 33.9 Å². The summed E-state index contributed by atoms with van der Waals surface area (Å²) in [4.78, 5) is 2.47. The molecule has 3 aliphatic rings. The number of fused-ring (bicyclic) bond motifs is 1. The summed E-state index contributed by atoms with van der Waals surface area (Å²) in [5.74, 6) is 3.06. The zero-order chi connectivity index (χ0) is 12.4. The number of hydrogen-bond acceptors (Lipinski definition) is 4. The minimum atomic E-state index is -0.103. The summed E-state index contributed by atoms with van der Waals surface area (Å²) in [7, 11) is 0. The largest absolute Gasteiger partial charge is 0.391 e. The van der Waals surface area contributed by atoms with Gasteiger partial charge in [-0.15, -0.1) is 0 Å². The Labute approximate surface area is 107 Å². The standard InChI is InChI=1S/C14H20N2O2/c1-7-12(8(2)18-15-7)6-16-5-10-3-9-4-11(10)13(16)14(9)17/h9-11,13-14,17H,3-6H2,1-2H3. The molecule has 1 aromatic rings. The molecular weight excluding hydrogens is 228 g/mol. The van der Waals surface area contributed by atoms with Crippen LogP contribution in [0.3, 0.4) is 0 Å². The maximum absolute atomic E-state index is 10.4. The van der Waals surface area contributed by atoms with Crippen LogP contribution in [0.4, 0.5) is 0 Å². The van der Waals surface area contributed by atoms with E-state index in [1.807, 2.05) is 13.8 Å². The number of rotatable bonds is 2. The lowest BCUT2D eigenvalue weighted by Gasteiger charge is -2.28. The second kappa shape index (κ2) is 3.58. The van der Waals surface area contributed by atoms with Crippen LogP contribution in [0.25, 0.3) is 0 Å². The van der Waals surface area contributed by atoms with Gasteiger partial charge < -0.3 is 9.63 Å². The monoisotopic (exact) mass is 248 g/mol. The van der Waals surface area contributed by atoms with E-state index in [1.54, 1.807) is 0 Å². The third-order valence-electron chi connectivity index (χ3n) is 5.49. The molecule has 3 fully saturated rings. The fourth-order valence-electron chi connectivity index (χ4n) is 4.65. The normalized spacial score (nSPS) is 42.1. The minimum Gasteiger partial charge on any atom is -0.391 e. The van der Waals surface area contributed by atoms with E-state index in [2.05, 4.69) is 10.1 Å². The van der Waals surface area contributed by atoms with Crippen molar-refractivity contribution in [3.63, 3.8) is 0 Å². The van der Waals surface area contributed by atoms with Crippen LogP contribution in [0.2, 0.25) is 0 Å². The molecule has 0 spiro atoms. The van der Waals surface area contributed by atoms with Crippen molar-refractivity contribution in [1.82, 2.24) is 10.1 Å². The molecule has 1 N–H and O–H groups in total. The molecule has 2 bridgehead atoms. The maximum atomic E-state index is 10.4. The molecule has 2 heterocycles. The van der Waals surface area contributed by atoms with E-state index in [0.717, 1.165) is 36.4 Å². The maximum Gasteiger partial charge on any atom is 0.138 e. The molecule has 0 radical (unpaired) electrons. The van der Waals surface area contributed by atoms with Gasteiger partial charge in [-0.2, -0.15) is 0 Å². The van der Waals surface area contributed by atoms with Crippen molar-refractivity contribution >= 4 is 0 Å². The van der Waals surface area contributed by atoms with E-state index < -0.39 is 0 Å². The quantitative estimate of drug-likeness (QED) is 0.861. The van der Waals surface area contributed by atoms with Crippen molar-refractivity contribution in [2.45, 2.75) is 45.4 Å². The van der Waals surface area contributed by atoms with E-state index >= 15 is 0 Å². The van der Waals surface area contributed by atoms with Crippen LogP contribution in [0.5, 0.6) is 0 Å². The lowest BCUT2D eigenvalue weighted by Crippen LogP contribution is -2.40. The highest BCUT2D eigenvalue weighted by Crippen LogP contribution is 2.55. The molecule has 4 heteroatoms. The number of likely N-dealkylation sites (tertiary alicyclic amines) is 1.